The lowest BCUT2D eigenvalue weighted by atomic mass is 10.1. The van der Waals surface area contributed by atoms with Crippen LogP contribution in [0.25, 0.3) is 0 Å². The van der Waals surface area contributed by atoms with Crippen molar-refractivity contribution < 1.29 is 28.7 Å². The molecule has 0 spiro atoms. The number of amides is 2. The van der Waals surface area contributed by atoms with E-state index in [9.17, 15) is 19.2 Å². The molecule has 2 N–H and O–H groups in total. The van der Waals surface area contributed by atoms with E-state index in [1.54, 1.807) is 32.9 Å². The van der Waals surface area contributed by atoms with Crippen LogP contribution in [0.15, 0.2) is 23.1 Å². The van der Waals surface area contributed by atoms with Gasteiger partial charge in [-0.25, -0.2) is 9.59 Å². The Hall–Kier alpha value is -2.85. The molecule has 0 aliphatic carbocycles. The largest absolute Gasteiger partial charge is 0.462 e. The molecule has 31 heavy (non-hydrogen) atoms. The molecule has 3 rings (SSSR count). The van der Waals surface area contributed by atoms with E-state index in [1.807, 2.05) is 6.92 Å². The number of thiophene rings is 1. The van der Waals surface area contributed by atoms with E-state index >= 15 is 0 Å². The van der Waals surface area contributed by atoms with Gasteiger partial charge in [-0.3, -0.25) is 9.59 Å². The topological polar surface area (TPSA) is 111 Å². The minimum atomic E-state index is -0.694. The third kappa shape index (κ3) is 5.08. The van der Waals surface area contributed by atoms with Gasteiger partial charge in [0.2, 0.25) is 5.91 Å². The standard InChI is InChI=1S/C21H22N2O6S2/c1-5-28-21(27)17-10(2)11(3)31-19(17)23-16(24)9-29-20(26)13-6-7-15-14(8-13)22-18(25)12(4)30-15/h6-8,12H,5,9H2,1-4H3,(H,22,25)(H,23,24). The number of carbonyl (C=O) groups excluding carboxylic acids is 4. The van der Waals surface area contributed by atoms with E-state index in [-0.39, 0.29) is 23.3 Å². The number of hydrogen-bond acceptors (Lipinski definition) is 8. The van der Waals surface area contributed by atoms with Crippen molar-refractivity contribution in [3.8, 4) is 0 Å². The number of aryl methyl sites for hydroxylation is 1. The number of benzene rings is 1. The monoisotopic (exact) mass is 462 g/mol. The van der Waals surface area contributed by atoms with Crippen molar-refractivity contribution in [3.05, 3.63) is 39.8 Å². The SMILES string of the molecule is CCOC(=O)c1c(NC(=O)COC(=O)c2ccc3c(c2)NC(=O)C(C)S3)sc(C)c1C. The number of thioether (sulfide) groups is 1. The van der Waals surface area contributed by atoms with Gasteiger partial charge in [0.1, 0.15) is 5.00 Å². The Balaban J connectivity index is 1.64. The third-order valence-electron chi connectivity index (χ3n) is 4.60. The summed E-state index contributed by atoms with van der Waals surface area (Å²) in [4.78, 5) is 50.5. The molecule has 10 heteroatoms. The van der Waals surface area contributed by atoms with Crippen LogP contribution in [0.2, 0.25) is 0 Å². The van der Waals surface area contributed by atoms with Crippen molar-refractivity contribution in [2.45, 2.75) is 37.8 Å². The van der Waals surface area contributed by atoms with Crippen LogP contribution in [-0.2, 0) is 19.1 Å². The molecule has 1 atom stereocenters. The van der Waals surface area contributed by atoms with Gasteiger partial charge in [-0.05, 0) is 51.5 Å². The van der Waals surface area contributed by atoms with Gasteiger partial charge in [0.25, 0.3) is 5.91 Å². The van der Waals surface area contributed by atoms with Gasteiger partial charge < -0.3 is 20.1 Å². The Bertz CT molecular complexity index is 1060. The van der Waals surface area contributed by atoms with Crippen LogP contribution in [0.5, 0.6) is 0 Å². The minimum Gasteiger partial charge on any atom is -0.462 e. The molecule has 8 nitrogen and oxygen atoms in total. The second-order valence-corrected chi connectivity index (χ2v) is 9.40. The number of fused-ring (bicyclic) bond motifs is 1. The lowest BCUT2D eigenvalue weighted by Gasteiger charge is -2.21. The van der Waals surface area contributed by atoms with E-state index in [4.69, 9.17) is 9.47 Å². The normalized spacial score (nSPS) is 15.0. The zero-order valence-electron chi connectivity index (χ0n) is 17.5. The Labute approximate surface area is 187 Å². The molecule has 164 valence electrons. The molecule has 0 bridgehead atoms. The average molecular weight is 463 g/mol. The van der Waals surface area contributed by atoms with Gasteiger partial charge in [-0.15, -0.1) is 23.1 Å². The third-order valence-corrected chi connectivity index (χ3v) is 6.90. The maximum absolute atomic E-state index is 12.4. The predicted octanol–water partition coefficient (Wildman–Crippen LogP) is 3.77. The van der Waals surface area contributed by atoms with E-state index in [1.165, 1.54) is 29.2 Å². The molecular weight excluding hydrogens is 440 g/mol. The number of hydrogen-bond donors (Lipinski definition) is 2. The summed E-state index contributed by atoms with van der Waals surface area (Å²) >= 11 is 2.66. The van der Waals surface area contributed by atoms with E-state index in [2.05, 4.69) is 10.6 Å². The quantitative estimate of drug-likeness (QED) is 0.629. The summed E-state index contributed by atoms with van der Waals surface area (Å²) in [6.45, 7) is 6.82. The molecule has 2 amide bonds. The molecule has 2 aromatic rings. The van der Waals surface area contributed by atoms with Gasteiger partial charge >= 0.3 is 11.9 Å². The first kappa shape index (κ1) is 22.8. The highest BCUT2D eigenvalue weighted by Crippen LogP contribution is 2.36. The first-order valence-corrected chi connectivity index (χ1v) is 11.3. The molecule has 1 unspecified atom stereocenters. The van der Waals surface area contributed by atoms with Crippen molar-refractivity contribution in [1.29, 1.82) is 0 Å². The fourth-order valence-electron chi connectivity index (χ4n) is 2.88. The summed E-state index contributed by atoms with van der Waals surface area (Å²) in [5, 5.41) is 5.52. The van der Waals surface area contributed by atoms with Crippen LogP contribution in [0.4, 0.5) is 10.7 Å². The smallest absolute Gasteiger partial charge is 0.341 e. The number of anilines is 2. The fourth-order valence-corrected chi connectivity index (χ4v) is 4.87. The van der Waals surface area contributed by atoms with E-state index in [0.717, 1.165) is 15.3 Å². The maximum atomic E-state index is 12.4. The van der Waals surface area contributed by atoms with Crippen molar-refractivity contribution >= 4 is 57.5 Å². The van der Waals surface area contributed by atoms with Crippen molar-refractivity contribution in [2.24, 2.45) is 0 Å². The Morgan fingerprint density at radius 1 is 1.16 bits per heavy atom. The summed E-state index contributed by atoms with van der Waals surface area (Å²) in [5.74, 6) is -1.92. The Morgan fingerprint density at radius 2 is 1.90 bits per heavy atom. The fraction of sp³-hybridized carbons (Fsp3) is 0.333. The maximum Gasteiger partial charge on any atom is 0.341 e. The lowest BCUT2D eigenvalue weighted by molar-refractivity contribution is -0.119. The lowest BCUT2D eigenvalue weighted by Crippen LogP contribution is -2.26. The number of rotatable bonds is 6. The zero-order valence-corrected chi connectivity index (χ0v) is 19.1. The number of carbonyl (C=O) groups is 4. The number of nitrogens with one attached hydrogen (secondary N) is 2. The molecule has 0 saturated heterocycles. The van der Waals surface area contributed by atoms with Crippen LogP contribution in [-0.4, -0.2) is 42.2 Å². The van der Waals surface area contributed by atoms with Gasteiger partial charge in [0.05, 0.1) is 28.7 Å². The molecular formula is C21H22N2O6S2. The average Bonchev–Trinajstić information content (AvgIpc) is 3.00. The second-order valence-electron chi connectivity index (χ2n) is 6.79. The van der Waals surface area contributed by atoms with Gasteiger partial charge in [0, 0.05) is 9.77 Å². The molecule has 1 aromatic carbocycles. The van der Waals surface area contributed by atoms with Gasteiger partial charge in [0.15, 0.2) is 6.61 Å². The molecule has 1 aliphatic rings. The molecule has 0 saturated carbocycles. The highest BCUT2D eigenvalue weighted by atomic mass is 32.2. The van der Waals surface area contributed by atoms with Crippen molar-refractivity contribution in [1.82, 2.24) is 0 Å². The summed E-state index contributed by atoms with van der Waals surface area (Å²) < 4.78 is 10.2. The van der Waals surface area contributed by atoms with Crippen molar-refractivity contribution in [2.75, 3.05) is 23.8 Å². The first-order chi connectivity index (χ1) is 14.7. The molecule has 2 heterocycles. The molecule has 1 aliphatic heterocycles. The predicted molar refractivity (Wildman–Crippen MR) is 119 cm³/mol. The molecule has 0 radical (unpaired) electrons. The number of esters is 2. The van der Waals surface area contributed by atoms with Crippen LogP contribution in [0, 0.1) is 13.8 Å². The van der Waals surface area contributed by atoms with E-state index < -0.39 is 24.5 Å². The minimum absolute atomic E-state index is 0.138. The summed E-state index contributed by atoms with van der Waals surface area (Å²) in [7, 11) is 0. The second kappa shape index (κ2) is 9.52. The van der Waals surface area contributed by atoms with Crippen LogP contribution < -0.4 is 10.6 Å². The molecule has 0 fully saturated rings. The summed E-state index contributed by atoms with van der Waals surface area (Å²) in [6.07, 6.45) is 0. The van der Waals surface area contributed by atoms with Crippen molar-refractivity contribution in [3.63, 3.8) is 0 Å². The van der Waals surface area contributed by atoms with E-state index in [0.29, 0.717) is 16.3 Å². The summed E-state index contributed by atoms with van der Waals surface area (Å²) in [6, 6.07) is 4.84. The van der Waals surface area contributed by atoms with Crippen LogP contribution in [0.1, 0.15) is 45.0 Å². The highest BCUT2D eigenvalue weighted by molar-refractivity contribution is 8.00. The zero-order chi connectivity index (χ0) is 22.7. The van der Waals surface area contributed by atoms with Gasteiger partial charge in [-0.1, -0.05) is 0 Å². The van der Waals surface area contributed by atoms with Crippen LogP contribution in [0.3, 0.4) is 0 Å². The Morgan fingerprint density at radius 3 is 2.61 bits per heavy atom. The summed E-state index contributed by atoms with van der Waals surface area (Å²) in [5.41, 5.74) is 1.80. The Kier molecular flexibility index (Phi) is 7.01. The first-order valence-electron chi connectivity index (χ1n) is 9.56. The van der Waals surface area contributed by atoms with Crippen LogP contribution >= 0.6 is 23.1 Å². The van der Waals surface area contributed by atoms with Gasteiger partial charge in [-0.2, -0.15) is 0 Å². The number of ether oxygens (including phenoxy) is 2. The highest BCUT2D eigenvalue weighted by Gasteiger charge is 2.25. The molecule has 1 aromatic heterocycles.